The number of anilines is 1. The molecule has 1 aromatic heterocycles. The van der Waals surface area contributed by atoms with E-state index in [2.05, 4.69) is 41.9 Å². The van der Waals surface area contributed by atoms with E-state index < -0.39 is 0 Å². The van der Waals surface area contributed by atoms with Gasteiger partial charge in [-0.3, -0.25) is 0 Å². The molecule has 0 aliphatic heterocycles. The van der Waals surface area contributed by atoms with Gasteiger partial charge in [-0.25, -0.2) is 4.98 Å². The zero-order valence-electron chi connectivity index (χ0n) is 12.5. The Kier molecular flexibility index (Phi) is 4.27. The summed E-state index contributed by atoms with van der Waals surface area (Å²) in [6.07, 6.45) is 4.79. The molecule has 0 spiro atoms. The van der Waals surface area contributed by atoms with Crippen LogP contribution in [0.4, 0.5) is 5.13 Å². The Bertz CT molecular complexity index is 571. The van der Waals surface area contributed by atoms with Crippen molar-refractivity contribution in [2.24, 2.45) is 11.1 Å². The van der Waals surface area contributed by atoms with E-state index in [1.54, 1.807) is 11.3 Å². The lowest BCUT2D eigenvalue weighted by atomic mass is 9.74. The van der Waals surface area contributed by atoms with Crippen LogP contribution < -0.4 is 11.1 Å². The lowest BCUT2D eigenvalue weighted by Crippen LogP contribution is -2.36. The average molecular weight is 301 g/mol. The van der Waals surface area contributed by atoms with E-state index >= 15 is 0 Å². The van der Waals surface area contributed by atoms with Crippen molar-refractivity contribution < 1.29 is 0 Å². The second-order valence-electron chi connectivity index (χ2n) is 6.34. The summed E-state index contributed by atoms with van der Waals surface area (Å²) in [6.45, 7) is 3.11. The Hall–Kier alpha value is -1.39. The molecule has 3 nitrogen and oxygen atoms in total. The van der Waals surface area contributed by atoms with E-state index in [0.717, 1.165) is 17.4 Å². The fourth-order valence-corrected chi connectivity index (χ4v) is 3.72. The van der Waals surface area contributed by atoms with Gasteiger partial charge in [-0.1, -0.05) is 37.3 Å². The minimum absolute atomic E-state index is 0.344. The number of rotatable bonds is 4. The van der Waals surface area contributed by atoms with Gasteiger partial charge in [-0.15, -0.1) is 11.3 Å². The largest absolute Gasteiger partial charge is 0.359 e. The lowest BCUT2D eigenvalue weighted by molar-refractivity contribution is 0.215. The maximum Gasteiger partial charge on any atom is 0.183 e. The van der Waals surface area contributed by atoms with Crippen molar-refractivity contribution in [3.63, 3.8) is 0 Å². The van der Waals surface area contributed by atoms with Gasteiger partial charge in [-0.2, -0.15) is 0 Å². The molecule has 0 saturated heterocycles. The molecule has 0 atom stereocenters. The maximum absolute atomic E-state index is 5.87. The van der Waals surface area contributed by atoms with Crippen molar-refractivity contribution in [2.45, 2.75) is 38.6 Å². The average Bonchev–Trinajstić information content (AvgIpc) is 2.99. The second kappa shape index (κ2) is 6.16. The number of hydrogen-bond acceptors (Lipinski definition) is 4. The molecule has 0 bridgehead atoms. The number of thiazole rings is 1. The van der Waals surface area contributed by atoms with Gasteiger partial charge in [0.2, 0.25) is 0 Å². The van der Waals surface area contributed by atoms with Gasteiger partial charge in [-0.05, 0) is 37.6 Å². The van der Waals surface area contributed by atoms with Gasteiger partial charge < -0.3 is 11.1 Å². The molecule has 3 N–H and O–H groups in total. The molecule has 3 rings (SSSR count). The van der Waals surface area contributed by atoms with Gasteiger partial charge in [0.05, 0.1) is 5.69 Å². The van der Waals surface area contributed by atoms with Crippen molar-refractivity contribution >= 4 is 16.5 Å². The Morgan fingerprint density at radius 1 is 1.29 bits per heavy atom. The number of nitrogens with two attached hydrogens (primary N) is 1. The van der Waals surface area contributed by atoms with Crippen LogP contribution in [0.25, 0.3) is 11.3 Å². The predicted molar refractivity (Wildman–Crippen MR) is 90.6 cm³/mol. The summed E-state index contributed by atoms with van der Waals surface area (Å²) in [5.74, 6) is 0. The first kappa shape index (κ1) is 14.5. The molecule has 0 unspecified atom stereocenters. The van der Waals surface area contributed by atoms with E-state index in [0.29, 0.717) is 11.5 Å². The van der Waals surface area contributed by atoms with Gasteiger partial charge in [0.25, 0.3) is 0 Å². The molecule has 1 aliphatic carbocycles. The van der Waals surface area contributed by atoms with Gasteiger partial charge in [0, 0.05) is 17.0 Å². The number of aromatic nitrogens is 1. The summed E-state index contributed by atoms with van der Waals surface area (Å²) in [4.78, 5) is 4.71. The van der Waals surface area contributed by atoms with Crippen molar-refractivity contribution in [2.75, 3.05) is 11.9 Å². The molecule has 0 amide bonds. The highest BCUT2D eigenvalue weighted by Crippen LogP contribution is 2.36. The second-order valence-corrected chi connectivity index (χ2v) is 7.20. The molecule has 2 aromatic rings. The van der Waals surface area contributed by atoms with Crippen LogP contribution in [-0.2, 0) is 0 Å². The topological polar surface area (TPSA) is 50.9 Å². The first-order valence-electron chi connectivity index (χ1n) is 7.66. The Labute approximate surface area is 130 Å². The van der Waals surface area contributed by atoms with E-state index in [1.807, 2.05) is 6.07 Å². The zero-order valence-corrected chi connectivity index (χ0v) is 13.3. The number of hydrogen-bond donors (Lipinski definition) is 2. The van der Waals surface area contributed by atoms with Crippen LogP contribution in [0.2, 0.25) is 0 Å². The molecule has 0 radical (unpaired) electrons. The third-order valence-corrected chi connectivity index (χ3v) is 5.36. The molecule has 1 saturated carbocycles. The molecule has 112 valence electrons. The van der Waals surface area contributed by atoms with Crippen molar-refractivity contribution in [3.05, 3.63) is 35.7 Å². The van der Waals surface area contributed by atoms with E-state index in [4.69, 9.17) is 10.7 Å². The van der Waals surface area contributed by atoms with Crippen LogP contribution in [0.3, 0.4) is 0 Å². The van der Waals surface area contributed by atoms with Crippen LogP contribution in [0.5, 0.6) is 0 Å². The third-order valence-electron chi connectivity index (χ3n) is 4.59. The number of nitrogens with zero attached hydrogens (tertiary/aromatic N) is 1. The van der Waals surface area contributed by atoms with Gasteiger partial charge in [0.15, 0.2) is 5.13 Å². The normalized spacial score (nSPS) is 25.7. The molecular formula is C17H23N3S. The van der Waals surface area contributed by atoms with Crippen molar-refractivity contribution in [1.29, 1.82) is 0 Å². The molecule has 1 heterocycles. The van der Waals surface area contributed by atoms with E-state index in [1.165, 1.54) is 31.2 Å². The zero-order chi connectivity index (χ0) is 14.7. The van der Waals surface area contributed by atoms with E-state index in [9.17, 15) is 0 Å². The Morgan fingerprint density at radius 3 is 2.67 bits per heavy atom. The summed E-state index contributed by atoms with van der Waals surface area (Å²) in [7, 11) is 0. The summed E-state index contributed by atoms with van der Waals surface area (Å²) in [6, 6.07) is 10.9. The smallest absolute Gasteiger partial charge is 0.183 e. The van der Waals surface area contributed by atoms with Crippen LogP contribution in [0.15, 0.2) is 35.7 Å². The fourth-order valence-electron chi connectivity index (χ4n) is 2.92. The molecule has 21 heavy (non-hydrogen) atoms. The Balaban J connectivity index is 1.61. The molecular weight excluding hydrogens is 278 g/mol. The van der Waals surface area contributed by atoms with Crippen molar-refractivity contribution in [1.82, 2.24) is 4.98 Å². The predicted octanol–water partition coefficient (Wildman–Crippen LogP) is 4.13. The van der Waals surface area contributed by atoms with Crippen LogP contribution in [-0.4, -0.2) is 17.6 Å². The summed E-state index contributed by atoms with van der Waals surface area (Å²) in [5.41, 5.74) is 8.46. The molecule has 1 aromatic carbocycles. The molecule has 1 fully saturated rings. The SMILES string of the molecule is CC1(CN)CCC(Nc2nc(-c3ccccc3)cs2)CC1. The highest BCUT2D eigenvalue weighted by Gasteiger charge is 2.29. The monoisotopic (exact) mass is 301 g/mol. The van der Waals surface area contributed by atoms with Crippen LogP contribution in [0, 0.1) is 5.41 Å². The first-order valence-corrected chi connectivity index (χ1v) is 8.54. The first-order chi connectivity index (χ1) is 10.2. The minimum atomic E-state index is 0.344. The van der Waals surface area contributed by atoms with Crippen LogP contribution >= 0.6 is 11.3 Å². The Morgan fingerprint density at radius 2 is 2.00 bits per heavy atom. The van der Waals surface area contributed by atoms with E-state index in [-0.39, 0.29) is 0 Å². The maximum atomic E-state index is 5.87. The highest BCUT2D eigenvalue weighted by molar-refractivity contribution is 7.14. The summed E-state index contributed by atoms with van der Waals surface area (Å²) < 4.78 is 0. The molecule has 4 heteroatoms. The number of nitrogens with one attached hydrogen (secondary N) is 1. The summed E-state index contributed by atoms with van der Waals surface area (Å²) in [5, 5.41) is 6.77. The third kappa shape index (κ3) is 3.44. The standard InChI is InChI=1S/C17H23N3S/c1-17(12-18)9-7-14(8-10-17)19-16-20-15(11-21-16)13-5-3-2-4-6-13/h2-6,11,14H,7-10,12,18H2,1H3,(H,19,20). The quantitative estimate of drug-likeness (QED) is 0.892. The van der Waals surface area contributed by atoms with Gasteiger partial charge in [0.1, 0.15) is 0 Å². The molecule has 1 aliphatic rings. The van der Waals surface area contributed by atoms with Gasteiger partial charge >= 0.3 is 0 Å². The lowest BCUT2D eigenvalue weighted by Gasteiger charge is -2.36. The summed E-state index contributed by atoms with van der Waals surface area (Å²) >= 11 is 1.70. The minimum Gasteiger partial charge on any atom is -0.359 e. The fraction of sp³-hybridized carbons (Fsp3) is 0.471. The number of benzene rings is 1. The van der Waals surface area contributed by atoms with Crippen molar-refractivity contribution in [3.8, 4) is 11.3 Å². The highest BCUT2D eigenvalue weighted by atomic mass is 32.1. The van der Waals surface area contributed by atoms with Crippen LogP contribution in [0.1, 0.15) is 32.6 Å².